The normalized spacial score (nSPS) is 16.0. The Morgan fingerprint density at radius 2 is 1.83 bits per heavy atom. The molecule has 180 valence electrons. The first-order valence-electron chi connectivity index (χ1n) is 11.2. The third kappa shape index (κ3) is 5.36. The number of thioether (sulfide) groups is 1. The maximum atomic E-state index is 13.3. The van der Waals surface area contributed by atoms with Crippen molar-refractivity contribution in [1.29, 1.82) is 0 Å². The van der Waals surface area contributed by atoms with E-state index in [2.05, 4.69) is 0 Å². The van der Waals surface area contributed by atoms with Crippen LogP contribution >= 0.6 is 11.8 Å². The first-order valence-corrected chi connectivity index (χ1v) is 12.0. The molecule has 0 N–H and O–H groups in total. The highest BCUT2D eigenvalue weighted by molar-refractivity contribution is 8.18. The Bertz CT molecular complexity index is 1300. The molecule has 1 amide bonds. The molecule has 0 radical (unpaired) electrons. The van der Waals surface area contributed by atoms with Crippen LogP contribution in [-0.2, 0) is 9.53 Å². The summed E-state index contributed by atoms with van der Waals surface area (Å²) >= 11 is 1.36. The van der Waals surface area contributed by atoms with E-state index in [0.29, 0.717) is 29.6 Å². The number of benzene rings is 2. The lowest BCUT2D eigenvalue weighted by molar-refractivity contribution is -0.384. The highest BCUT2D eigenvalue weighted by atomic mass is 32.2. The van der Waals surface area contributed by atoms with E-state index < -0.39 is 4.92 Å². The molecular weight excluding hydrogens is 464 g/mol. The number of nitrogens with zero attached hydrogens (tertiary/aromatic N) is 4. The number of rotatable bonds is 8. The van der Waals surface area contributed by atoms with E-state index in [0.717, 1.165) is 28.3 Å². The second kappa shape index (κ2) is 10.7. The summed E-state index contributed by atoms with van der Waals surface area (Å²) in [6.45, 7) is 5.02. The summed E-state index contributed by atoms with van der Waals surface area (Å²) in [5, 5.41) is 11.6. The molecule has 9 heteroatoms. The number of hydrogen-bond acceptors (Lipinski definition) is 6. The molecule has 2 heterocycles. The molecule has 1 aliphatic rings. The highest BCUT2D eigenvalue weighted by Gasteiger charge is 2.33. The van der Waals surface area contributed by atoms with Gasteiger partial charge < -0.3 is 9.30 Å². The Balaban J connectivity index is 1.67. The predicted molar refractivity (Wildman–Crippen MR) is 139 cm³/mol. The number of amidine groups is 1. The smallest absolute Gasteiger partial charge is 0.269 e. The number of carbonyl (C=O) groups excluding carboxylic acids is 1. The van der Waals surface area contributed by atoms with Gasteiger partial charge in [-0.05, 0) is 74.0 Å². The lowest BCUT2D eigenvalue weighted by atomic mass is 10.2. The van der Waals surface area contributed by atoms with Gasteiger partial charge in [-0.2, -0.15) is 0 Å². The van der Waals surface area contributed by atoms with Gasteiger partial charge in [-0.1, -0.05) is 18.2 Å². The van der Waals surface area contributed by atoms with Crippen molar-refractivity contribution < 1.29 is 14.5 Å². The maximum Gasteiger partial charge on any atom is 0.269 e. The number of ether oxygens (including phenoxy) is 1. The molecule has 0 bridgehead atoms. The van der Waals surface area contributed by atoms with Crippen LogP contribution in [0.4, 0.5) is 11.4 Å². The zero-order chi connectivity index (χ0) is 24.9. The molecule has 1 fully saturated rings. The largest absolute Gasteiger partial charge is 0.385 e. The molecule has 1 saturated heterocycles. The third-order valence-corrected chi connectivity index (χ3v) is 6.68. The van der Waals surface area contributed by atoms with Gasteiger partial charge in [-0.25, -0.2) is 4.99 Å². The predicted octanol–water partition coefficient (Wildman–Crippen LogP) is 5.64. The Kier molecular flexibility index (Phi) is 7.48. The quantitative estimate of drug-likeness (QED) is 0.176. The lowest BCUT2D eigenvalue weighted by Gasteiger charge is -2.15. The molecular formula is C26H26N4O4S. The molecule has 1 aromatic heterocycles. The molecule has 8 nitrogen and oxygen atoms in total. The van der Waals surface area contributed by atoms with Crippen molar-refractivity contribution in [2.75, 3.05) is 20.3 Å². The van der Waals surface area contributed by atoms with Crippen LogP contribution in [-0.4, -0.2) is 45.7 Å². The van der Waals surface area contributed by atoms with Gasteiger partial charge in [0, 0.05) is 49.5 Å². The molecule has 1 aliphatic heterocycles. The second-order valence-corrected chi connectivity index (χ2v) is 9.09. The highest BCUT2D eigenvalue weighted by Crippen LogP contribution is 2.35. The number of methoxy groups -OCH3 is 1. The molecule has 0 atom stereocenters. The van der Waals surface area contributed by atoms with Crippen molar-refractivity contribution in [3.05, 3.63) is 92.6 Å². The van der Waals surface area contributed by atoms with Crippen LogP contribution in [0, 0.1) is 24.0 Å². The molecule has 35 heavy (non-hydrogen) atoms. The third-order valence-electron chi connectivity index (χ3n) is 5.67. The standard InChI is InChI=1S/C26H26N4O4S/c1-18-16-20(19(2)29(18)22-10-12-23(13-11-22)30(32)33)17-24-25(31)28(14-7-15-34-3)26(35-24)27-21-8-5-4-6-9-21/h4-6,8-13,16-17H,7,14-15H2,1-3H3/b24-17+,27-26?. The second-order valence-electron chi connectivity index (χ2n) is 8.08. The van der Waals surface area contributed by atoms with Crippen LogP contribution in [0.1, 0.15) is 23.4 Å². The van der Waals surface area contributed by atoms with Crippen molar-refractivity contribution in [3.63, 3.8) is 0 Å². The zero-order valence-electron chi connectivity index (χ0n) is 19.8. The average molecular weight is 491 g/mol. The van der Waals surface area contributed by atoms with Crippen LogP contribution < -0.4 is 0 Å². The summed E-state index contributed by atoms with van der Waals surface area (Å²) in [6.07, 6.45) is 2.60. The summed E-state index contributed by atoms with van der Waals surface area (Å²) in [5.41, 5.74) is 4.48. The van der Waals surface area contributed by atoms with Crippen molar-refractivity contribution >= 4 is 40.3 Å². The van der Waals surface area contributed by atoms with Gasteiger partial charge in [0.1, 0.15) is 0 Å². The van der Waals surface area contributed by atoms with E-state index >= 15 is 0 Å². The first kappa shape index (κ1) is 24.4. The molecule has 0 aliphatic carbocycles. The number of aryl methyl sites for hydroxylation is 1. The van der Waals surface area contributed by atoms with Crippen LogP contribution in [0.3, 0.4) is 0 Å². The van der Waals surface area contributed by atoms with Gasteiger partial charge in [0.2, 0.25) is 0 Å². The summed E-state index contributed by atoms with van der Waals surface area (Å²) in [7, 11) is 1.64. The fourth-order valence-corrected chi connectivity index (χ4v) is 4.98. The Morgan fingerprint density at radius 1 is 1.11 bits per heavy atom. The minimum Gasteiger partial charge on any atom is -0.385 e. The average Bonchev–Trinajstić information content (AvgIpc) is 3.29. The van der Waals surface area contributed by atoms with E-state index in [1.165, 1.54) is 23.9 Å². The van der Waals surface area contributed by atoms with Gasteiger partial charge in [0.15, 0.2) is 5.17 Å². The van der Waals surface area contributed by atoms with Gasteiger partial charge in [0.05, 0.1) is 15.5 Å². The van der Waals surface area contributed by atoms with Gasteiger partial charge in [-0.3, -0.25) is 19.8 Å². The van der Waals surface area contributed by atoms with Crippen LogP contribution in [0.5, 0.6) is 0 Å². The Hall–Kier alpha value is -3.69. The topological polar surface area (TPSA) is 90.0 Å². The lowest BCUT2D eigenvalue weighted by Crippen LogP contribution is -2.30. The minimum atomic E-state index is -0.412. The molecule has 3 aromatic rings. The van der Waals surface area contributed by atoms with E-state index in [9.17, 15) is 14.9 Å². The molecule has 4 rings (SSSR count). The van der Waals surface area contributed by atoms with E-state index in [1.54, 1.807) is 24.1 Å². The van der Waals surface area contributed by atoms with Gasteiger partial charge in [0.25, 0.3) is 11.6 Å². The summed E-state index contributed by atoms with van der Waals surface area (Å²) in [4.78, 5) is 30.9. The van der Waals surface area contributed by atoms with Crippen molar-refractivity contribution in [1.82, 2.24) is 9.47 Å². The summed E-state index contributed by atoms with van der Waals surface area (Å²) in [6, 6.07) is 18.0. The fourth-order valence-electron chi connectivity index (χ4n) is 3.96. The Morgan fingerprint density at radius 3 is 2.49 bits per heavy atom. The minimum absolute atomic E-state index is 0.0466. The van der Waals surface area contributed by atoms with Gasteiger partial charge in [-0.15, -0.1) is 0 Å². The molecule has 0 spiro atoms. The van der Waals surface area contributed by atoms with Crippen molar-refractivity contribution in [2.45, 2.75) is 20.3 Å². The molecule has 0 unspecified atom stereocenters. The number of non-ortho nitro benzene ring substituents is 1. The van der Waals surface area contributed by atoms with E-state index in [4.69, 9.17) is 9.73 Å². The number of para-hydroxylation sites is 1. The maximum absolute atomic E-state index is 13.3. The fraction of sp³-hybridized carbons (Fsp3) is 0.231. The molecule has 2 aromatic carbocycles. The Labute approximate surface area is 208 Å². The number of nitro benzene ring substituents is 1. The van der Waals surface area contributed by atoms with Crippen molar-refractivity contribution in [3.8, 4) is 5.69 Å². The zero-order valence-corrected chi connectivity index (χ0v) is 20.6. The summed E-state index contributed by atoms with van der Waals surface area (Å²) in [5.74, 6) is -0.0825. The van der Waals surface area contributed by atoms with Crippen molar-refractivity contribution in [2.24, 2.45) is 4.99 Å². The number of aromatic nitrogens is 1. The monoisotopic (exact) mass is 490 g/mol. The van der Waals surface area contributed by atoms with Crippen LogP contribution in [0.15, 0.2) is 70.6 Å². The van der Waals surface area contributed by atoms with Crippen LogP contribution in [0.25, 0.3) is 11.8 Å². The SMILES string of the molecule is COCCCN1C(=O)/C(=C\c2cc(C)n(-c3ccc([N+](=O)[O-])cc3)c2C)SC1=Nc1ccccc1. The van der Waals surface area contributed by atoms with Gasteiger partial charge >= 0.3 is 0 Å². The first-order chi connectivity index (χ1) is 16.9. The van der Waals surface area contributed by atoms with Crippen LogP contribution in [0.2, 0.25) is 0 Å². The van der Waals surface area contributed by atoms with E-state index in [1.807, 2.05) is 60.9 Å². The number of nitro groups is 1. The molecule has 0 saturated carbocycles. The summed E-state index contributed by atoms with van der Waals surface area (Å²) < 4.78 is 7.19. The van der Waals surface area contributed by atoms with E-state index in [-0.39, 0.29) is 11.6 Å². The number of carbonyl (C=O) groups is 1. The number of amides is 1. The number of aliphatic imine (C=N–C) groups is 1. The number of hydrogen-bond donors (Lipinski definition) is 0.